The molecule has 0 aromatic heterocycles. The zero-order valence-electron chi connectivity index (χ0n) is 13.6. The number of piperidine rings is 1. The molecule has 1 aliphatic heterocycles. The zero-order chi connectivity index (χ0) is 15.4. The molecular formula is C18H29ClN2. The Kier molecular flexibility index (Phi) is 5.95. The molecule has 21 heavy (non-hydrogen) atoms. The minimum absolute atomic E-state index is 0.230. The lowest BCUT2D eigenvalue weighted by Gasteiger charge is -2.35. The second-order valence-electron chi connectivity index (χ2n) is 6.73. The summed E-state index contributed by atoms with van der Waals surface area (Å²) in [6, 6.07) is 6.69. The van der Waals surface area contributed by atoms with Gasteiger partial charge in [0, 0.05) is 19.1 Å². The van der Waals surface area contributed by atoms with Gasteiger partial charge in [-0.3, -0.25) is 0 Å². The molecule has 1 atom stereocenters. The average Bonchev–Trinajstić information content (AvgIpc) is 2.47. The molecule has 0 saturated carbocycles. The first-order valence-electron chi connectivity index (χ1n) is 8.30. The molecule has 2 N–H and O–H groups in total. The summed E-state index contributed by atoms with van der Waals surface area (Å²) in [6.07, 6.45) is 4.46. The van der Waals surface area contributed by atoms with Gasteiger partial charge < -0.3 is 10.6 Å². The molecule has 118 valence electrons. The minimum Gasteiger partial charge on any atom is -0.370 e. The van der Waals surface area contributed by atoms with Gasteiger partial charge in [-0.15, -0.1) is 0 Å². The van der Waals surface area contributed by atoms with Gasteiger partial charge in [0.05, 0.1) is 10.7 Å². The largest absolute Gasteiger partial charge is 0.370 e. The van der Waals surface area contributed by atoms with Crippen molar-refractivity contribution in [2.75, 3.05) is 18.0 Å². The van der Waals surface area contributed by atoms with E-state index in [1.54, 1.807) is 0 Å². The maximum atomic E-state index is 6.51. The summed E-state index contributed by atoms with van der Waals surface area (Å²) < 4.78 is 0. The van der Waals surface area contributed by atoms with Crippen molar-refractivity contribution in [3.63, 3.8) is 0 Å². The van der Waals surface area contributed by atoms with E-state index in [0.29, 0.717) is 0 Å². The molecule has 1 aromatic carbocycles. The Balaban J connectivity index is 2.01. The molecule has 1 aliphatic rings. The average molecular weight is 309 g/mol. The monoisotopic (exact) mass is 308 g/mol. The van der Waals surface area contributed by atoms with Gasteiger partial charge in [0.15, 0.2) is 0 Å². The van der Waals surface area contributed by atoms with Gasteiger partial charge in [0.1, 0.15) is 0 Å². The Morgan fingerprint density at radius 1 is 1.29 bits per heavy atom. The number of anilines is 1. The smallest absolute Gasteiger partial charge is 0.0642 e. The van der Waals surface area contributed by atoms with Crippen molar-refractivity contribution in [2.45, 2.75) is 52.5 Å². The third-order valence-corrected chi connectivity index (χ3v) is 5.16. The third-order valence-electron chi connectivity index (χ3n) is 4.86. The first-order valence-corrected chi connectivity index (χ1v) is 8.68. The van der Waals surface area contributed by atoms with Crippen LogP contribution in [0.2, 0.25) is 5.02 Å². The normalized spacial score (nSPS) is 18.3. The van der Waals surface area contributed by atoms with Crippen molar-refractivity contribution in [1.29, 1.82) is 0 Å². The molecular weight excluding hydrogens is 280 g/mol. The summed E-state index contributed by atoms with van der Waals surface area (Å²) in [7, 11) is 0. The van der Waals surface area contributed by atoms with Crippen LogP contribution in [-0.2, 0) is 6.42 Å². The fraction of sp³-hybridized carbons (Fsp3) is 0.667. The SMILES string of the molecule is CCC(N)Cc1ccc(N2CCC(C(C)C)CC2)c(Cl)c1. The van der Waals surface area contributed by atoms with E-state index in [4.69, 9.17) is 17.3 Å². The van der Waals surface area contributed by atoms with Crippen LogP contribution < -0.4 is 10.6 Å². The number of benzene rings is 1. The Hall–Kier alpha value is -0.730. The Morgan fingerprint density at radius 2 is 1.95 bits per heavy atom. The summed E-state index contributed by atoms with van der Waals surface area (Å²) in [6.45, 7) is 9.03. The van der Waals surface area contributed by atoms with E-state index in [1.165, 1.54) is 24.1 Å². The number of hydrogen-bond acceptors (Lipinski definition) is 2. The highest BCUT2D eigenvalue weighted by molar-refractivity contribution is 6.33. The van der Waals surface area contributed by atoms with Gasteiger partial charge in [0.2, 0.25) is 0 Å². The molecule has 0 aliphatic carbocycles. The van der Waals surface area contributed by atoms with Gasteiger partial charge in [0.25, 0.3) is 0 Å². The molecule has 1 fully saturated rings. The lowest BCUT2D eigenvalue weighted by atomic mass is 9.86. The van der Waals surface area contributed by atoms with Gasteiger partial charge in [-0.05, 0) is 55.2 Å². The van der Waals surface area contributed by atoms with Gasteiger partial charge in [-0.25, -0.2) is 0 Å². The van der Waals surface area contributed by atoms with Crippen LogP contribution in [0.3, 0.4) is 0 Å². The van der Waals surface area contributed by atoms with Crippen LogP contribution in [0.15, 0.2) is 18.2 Å². The van der Waals surface area contributed by atoms with Crippen molar-refractivity contribution in [3.8, 4) is 0 Å². The maximum Gasteiger partial charge on any atom is 0.0642 e. The molecule has 0 spiro atoms. The van der Waals surface area contributed by atoms with Crippen LogP contribution in [0, 0.1) is 11.8 Å². The Morgan fingerprint density at radius 3 is 2.48 bits per heavy atom. The summed E-state index contributed by atoms with van der Waals surface area (Å²) in [5, 5.41) is 0.874. The van der Waals surface area contributed by atoms with Crippen LogP contribution in [0.5, 0.6) is 0 Å². The van der Waals surface area contributed by atoms with Crippen molar-refractivity contribution < 1.29 is 0 Å². The highest BCUT2D eigenvalue weighted by atomic mass is 35.5. The first-order chi connectivity index (χ1) is 10.0. The van der Waals surface area contributed by atoms with E-state index in [2.05, 4.69) is 43.9 Å². The predicted molar refractivity (Wildman–Crippen MR) is 93.2 cm³/mol. The number of nitrogens with two attached hydrogens (primary N) is 1. The van der Waals surface area contributed by atoms with E-state index < -0.39 is 0 Å². The van der Waals surface area contributed by atoms with Crippen molar-refractivity contribution in [2.24, 2.45) is 17.6 Å². The zero-order valence-corrected chi connectivity index (χ0v) is 14.4. The van der Waals surface area contributed by atoms with Crippen LogP contribution in [0.1, 0.15) is 45.6 Å². The Bertz CT molecular complexity index is 451. The van der Waals surface area contributed by atoms with Crippen molar-refractivity contribution in [1.82, 2.24) is 0 Å². The molecule has 1 heterocycles. The fourth-order valence-corrected chi connectivity index (χ4v) is 3.51. The molecule has 1 saturated heterocycles. The molecule has 1 unspecified atom stereocenters. The fourth-order valence-electron chi connectivity index (χ4n) is 3.19. The van der Waals surface area contributed by atoms with Crippen molar-refractivity contribution >= 4 is 17.3 Å². The highest BCUT2D eigenvalue weighted by Gasteiger charge is 2.22. The first kappa shape index (κ1) is 16.6. The predicted octanol–water partition coefficient (Wildman–Crippen LogP) is 4.49. The van der Waals surface area contributed by atoms with Crippen LogP contribution in [-0.4, -0.2) is 19.1 Å². The van der Waals surface area contributed by atoms with Crippen LogP contribution in [0.25, 0.3) is 0 Å². The van der Waals surface area contributed by atoms with E-state index >= 15 is 0 Å². The molecule has 3 heteroatoms. The lowest BCUT2D eigenvalue weighted by molar-refractivity contribution is 0.311. The third kappa shape index (κ3) is 4.37. The quantitative estimate of drug-likeness (QED) is 0.868. The molecule has 0 bridgehead atoms. The molecule has 0 radical (unpaired) electrons. The maximum absolute atomic E-state index is 6.51. The van der Waals surface area contributed by atoms with Gasteiger partial charge >= 0.3 is 0 Å². The van der Waals surface area contributed by atoms with E-state index in [-0.39, 0.29) is 6.04 Å². The molecule has 2 rings (SSSR count). The standard InChI is InChI=1S/C18H29ClN2/c1-4-16(20)11-14-5-6-18(17(19)12-14)21-9-7-15(8-10-21)13(2)3/h5-6,12-13,15-16H,4,7-11,20H2,1-3H3. The minimum atomic E-state index is 0.230. The van der Waals surface area contributed by atoms with Crippen LogP contribution in [0.4, 0.5) is 5.69 Å². The summed E-state index contributed by atoms with van der Waals surface area (Å²) in [5.74, 6) is 1.65. The summed E-state index contributed by atoms with van der Waals surface area (Å²) >= 11 is 6.51. The molecule has 0 amide bonds. The summed E-state index contributed by atoms with van der Waals surface area (Å²) in [5.41, 5.74) is 8.46. The van der Waals surface area contributed by atoms with Crippen LogP contribution >= 0.6 is 11.6 Å². The second-order valence-corrected chi connectivity index (χ2v) is 7.13. The van der Waals surface area contributed by atoms with Gasteiger partial charge in [-0.1, -0.05) is 38.4 Å². The number of hydrogen-bond donors (Lipinski definition) is 1. The number of nitrogens with zero attached hydrogens (tertiary/aromatic N) is 1. The topological polar surface area (TPSA) is 29.3 Å². The molecule has 2 nitrogen and oxygen atoms in total. The summed E-state index contributed by atoms with van der Waals surface area (Å²) in [4.78, 5) is 2.44. The van der Waals surface area contributed by atoms with Gasteiger partial charge in [-0.2, -0.15) is 0 Å². The van der Waals surface area contributed by atoms with E-state index in [0.717, 1.165) is 42.8 Å². The molecule has 1 aromatic rings. The second kappa shape index (κ2) is 7.51. The van der Waals surface area contributed by atoms with Crippen molar-refractivity contribution in [3.05, 3.63) is 28.8 Å². The Labute approximate surface area is 134 Å². The lowest BCUT2D eigenvalue weighted by Crippen LogP contribution is -2.35. The van der Waals surface area contributed by atoms with E-state index in [9.17, 15) is 0 Å². The number of rotatable bonds is 5. The highest BCUT2D eigenvalue weighted by Crippen LogP contribution is 2.32. The number of halogens is 1. The van der Waals surface area contributed by atoms with E-state index in [1.807, 2.05) is 0 Å².